The second-order valence-electron chi connectivity index (χ2n) is 3.68. The molecule has 0 aliphatic rings. The third kappa shape index (κ3) is 5.74. The Balaban J connectivity index is 2.13. The van der Waals surface area contributed by atoms with Gasteiger partial charge in [-0.1, -0.05) is 0 Å². The standard InChI is InChI=1S/C12H17N3O3/c1-9(16)15-8-12(17)14-6-7-18-11-4-2-10(13)3-5-11/h2-5H,6-8,13H2,1H3,(H,14,17)(H,15,16). The summed E-state index contributed by atoms with van der Waals surface area (Å²) < 4.78 is 5.38. The zero-order chi connectivity index (χ0) is 13.4. The van der Waals surface area contributed by atoms with Gasteiger partial charge in [-0.05, 0) is 24.3 Å². The van der Waals surface area contributed by atoms with Gasteiger partial charge in [0.25, 0.3) is 0 Å². The van der Waals surface area contributed by atoms with Gasteiger partial charge in [0, 0.05) is 12.6 Å². The van der Waals surface area contributed by atoms with E-state index in [0.717, 1.165) is 0 Å². The van der Waals surface area contributed by atoms with Gasteiger partial charge in [-0.3, -0.25) is 9.59 Å². The Kier molecular flexibility index (Phi) is 5.50. The lowest BCUT2D eigenvalue weighted by molar-refractivity contribution is -0.125. The summed E-state index contributed by atoms with van der Waals surface area (Å²) in [4.78, 5) is 21.8. The zero-order valence-corrected chi connectivity index (χ0v) is 10.2. The number of carbonyl (C=O) groups is 2. The quantitative estimate of drug-likeness (QED) is 0.486. The maximum Gasteiger partial charge on any atom is 0.239 e. The van der Waals surface area contributed by atoms with Crippen molar-refractivity contribution in [3.8, 4) is 5.75 Å². The third-order valence-corrected chi connectivity index (χ3v) is 2.07. The van der Waals surface area contributed by atoms with E-state index in [1.807, 2.05) is 0 Å². The molecule has 1 rings (SSSR count). The van der Waals surface area contributed by atoms with Crippen LogP contribution < -0.4 is 21.1 Å². The van der Waals surface area contributed by atoms with Crippen molar-refractivity contribution < 1.29 is 14.3 Å². The molecule has 0 fully saturated rings. The molecule has 0 heterocycles. The molecule has 1 aromatic carbocycles. The molecular formula is C12H17N3O3. The van der Waals surface area contributed by atoms with E-state index in [1.165, 1.54) is 6.92 Å². The molecule has 0 radical (unpaired) electrons. The fraction of sp³-hybridized carbons (Fsp3) is 0.333. The van der Waals surface area contributed by atoms with Crippen LogP contribution in [0.4, 0.5) is 5.69 Å². The smallest absolute Gasteiger partial charge is 0.239 e. The molecule has 0 saturated heterocycles. The predicted molar refractivity (Wildman–Crippen MR) is 68.0 cm³/mol. The number of nitrogens with two attached hydrogens (primary N) is 1. The highest BCUT2D eigenvalue weighted by molar-refractivity contribution is 5.83. The van der Waals surface area contributed by atoms with Crippen LogP contribution in [0.15, 0.2) is 24.3 Å². The highest BCUT2D eigenvalue weighted by atomic mass is 16.5. The minimum Gasteiger partial charge on any atom is -0.492 e. The normalized spacial score (nSPS) is 9.61. The molecule has 0 aliphatic carbocycles. The van der Waals surface area contributed by atoms with Crippen molar-refractivity contribution in [2.75, 3.05) is 25.4 Å². The van der Waals surface area contributed by atoms with E-state index in [0.29, 0.717) is 24.6 Å². The van der Waals surface area contributed by atoms with Gasteiger partial charge >= 0.3 is 0 Å². The predicted octanol–water partition coefficient (Wildman–Crippen LogP) is -0.100. The SMILES string of the molecule is CC(=O)NCC(=O)NCCOc1ccc(N)cc1. The molecule has 4 N–H and O–H groups in total. The number of rotatable bonds is 6. The van der Waals surface area contributed by atoms with Crippen LogP contribution in [0.5, 0.6) is 5.75 Å². The number of nitrogen functional groups attached to an aromatic ring is 1. The molecule has 6 heteroatoms. The molecule has 6 nitrogen and oxygen atoms in total. The number of carbonyl (C=O) groups excluding carboxylic acids is 2. The van der Waals surface area contributed by atoms with Crippen molar-refractivity contribution in [2.24, 2.45) is 0 Å². The van der Waals surface area contributed by atoms with Crippen molar-refractivity contribution in [1.29, 1.82) is 0 Å². The number of ether oxygens (including phenoxy) is 1. The van der Waals surface area contributed by atoms with Crippen molar-refractivity contribution >= 4 is 17.5 Å². The molecule has 0 bridgehead atoms. The zero-order valence-electron chi connectivity index (χ0n) is 10.2. The molecule has 0 atom stereocenters. The van der Waals surface area contributed by atoms with E-state index in [4.69, 9.17) is 10.5 Å². The van der Waals surface area contributed by atoms with Gasteiger partial charge in [0.15, 0.2) is 0 Å². The van der Waals surface area contributed by atoms with Gasteiger partial charge in [0.2, 0.25) is 11.8 Å². The molecule has 0 aromatic heterocycles. The molecule has 98 valence electrons. The lowest BCUT2D eigenvalue weighted by atomic mass is 10.3. The fourth-order valence-corrected chi connectivity index (χ4v) is 1.19. The molecular weight excluding hydrogens is 234 g/mol. The monoisotopic (exact) mass is 251 g/mol. The van der Waals surface area contributed by atoms with Crippen molar-refractivity contribution in [1.82, 2.24) is 10.6 Å². The molecule has 1 aromatic rings. The van der Waals surface area contributed by atoms with E-state index >= 15 is 0 Å². The van der Waals surface area contributed by atoms with Gasteiger partial charge < -0.3 is 21.1 Å². The highest BCUT2D eigenvalue weighted by Crippen LogP contribution is 2.12. The average molecular weight is 251 g/mol. The first kappa shape index (κ1) is 13.8. The minimum absolute atomic E-state index is 0.0167. The minimum atomic E-state index is -0.244. The summed E-state index contributed by atoms with van der Waals surface area (Å²) in [7, 11) is 0. The first-order valence-electron chi connectivity index (χ1n) is 5.57. The molecule has 0 spiro atoms. The van der Waals surface area contributed by atoms with Crippen LogP contribution >= 0.6 is 0 Å². The van der Waals surface area contributed by atoms with Gasteiger partial charge in [-0.25, -0.2) is 0 Å². The molecule has 0 saturated carbocycles. The summed E-state index contributed by atoms with van der Waals surface area (Å²) in [5.74, 6) is 0.217. The van der Waals surface area contributed by atoms with E-state index in [9.17, 15) is 9.59 Å². The van der Waals surface area contributed by atoms with Crippen LogP contribution in [0.2, 0.25) is 0 Å². The molecule has 0 aliphatic heterocycles. The summed E-state index contributed by atoms with van der Waals surface area (Å²) in [6.45, 7) is 2.08. The Morgan fingerprint density at radius 3 is 2.50 bits per heavy atom. The van der Waals surface area contributed by atoms with Gasteiger partial charge in [0.05, 0.1) is 13.1 Å². The fourth-order valence-electron chi connectivity index (χ4n) is 1.19. The van der Waals surface area contributed by atoms with Gasteiger partial charge in [-0.15, -0.1) is 0 Å². The maximum atomic E-state index is 11.2. The maximum absolute atomic E-state index is 11.2. The van der Waals surface area contributed by atoms with Crippen molar-refractivity contribution in [3.05, 3.63) is 24.3 Å². The molecule has 18 heavy (non-hydrogen) atoms. The summed E-state index contributed by atoms with van der Waals surface area (Å²) in [5, 5.41) is 5.02. The Labute approximate surface area is 105 Å². The third-order valence-electron chi connectivity index (χ3n) is 2.07. The molecule has 0 unspecified atom stereocenters. The lowest BCUT2D eigenvalue weighted by Crippen LogP contribution is -2.37. The average Bonchev–Trinajstić information content (AvgIpc) is 2.34. The number of nitrogens with one attached hydrogen (secondary N) is 2. The number of amides is 2. The van der Waals surface area contributed by atoms with E-state index in [-0.39, 0.29) is 18.4 Å². The molecule has 2 amide bonds. The first-order valence-corrected chi connectivity index (χ1v) is 5.57. The van der Waals surface area contributed by atoms with Crippen LogP contribution in [0.25, 0.3) is 0 Å². The second-order valence-corrected chi connectivity index (χ2v) is 3.68. The summed E-state index contributed by atoms with van der Waals surface area (Å²) in [6, 6.07) is 7.00. The van der Waals surface area contributed by atoms with Gasteiger partial charge in [0.1, 0.15) is 12.4 Å². The summed E-state index contributed by atoms with van der Waals surface area (Å²) >= 11 is 0. The summed E-state index contributed by atoms with van der Waals surface area (Å²) in [5.41, 5.74) is 6.20. The van der Waals surface area contributed by atoms with E-state index in [2.05, 4.69) is 10.6 Å². The van der Waals surface area contributed by atoms with Crippen molar-refractivity contribution in [2.45, 2.75) is 6.92 Å². The highest BCUT2D eigenvalue weighted by Gasteiger charge is 2.01. The summed E-state index contributed by atoms with van der Waals surface area (Å²) in [6.07, 6.45) is 0. The first-order chi connectivity index (χ1) is 8.58. The number of hydrogen-bond donors (Lipinski definition) is 3. The van der Waals surface area contributed by atoms with Crippen molar-refractivity contribution in [3.63, 3.8) is 0 Å². The van der Waals surface area contributed by atoms with Crippen LogP contribution in [0.1, 0.15) is 6.92 Å². The van der Waals surface area contributed by atoms with Crippen LogP contribution in [0, 0.1) is 0 Å². The Morgan fingerprint density at radius 2 is 1.89 bits per heavy atom. The lowest BCUT2D eigenvalue weighted by Gasteiger charge is -2.08. The Morgan fingerprint density at radius 1 is 1.22 bits per heavy atom. The largest absolute Gasteiger partial charge is 0.492 e. The van der Waals surface area contributed by atoms with Crippen LogP contribution in [0.3, 0.4) is 0 Å². The topological polar surface area (TPSA) is 93.5 Å². The number of benzene rings is 1. The Bertz CT molecular complexity index is 404. The second kappa shape index (κ2) is 7.16. The van der Waals surface area contributed by atoms with Crippen LogP contribution in [-0.4, -0.2) is 31.5 Å². The van der Waals surface area contributed by atoms with E-state index < -0.39 is 0 Å². The van der Waals surface area contributed by atoms with Gasteiger partial charge in [-0.2, -0.15) is 0 Å². The van der Waals surface area contributed by atoms with Crippen LogP contribution in [-0.2, 0) is 9.59 Å². The number of hydrogen-bond acceptors (Lipinski definition) is 4. The number of anilines is 1. The van der Waals surface area contributed by atoms with E-state index in [1.54, 1.807) is 24.3 Å². The Hall–Kier alpha value is -2.24.